The van der Waals surface area contributed by atoms with E-state index in [4.69, 9.17) is 4.74 Å². The Balaban J connectivity index is 1.80. The summed E-state index contributed by atoms with van der Waals surface area (Å²) >= 11 is 1.65. The quantitative estimate of drug-likeness (QED) is 0.898. The van der Waals surface area contributed by atoms with E-state index in [1.54, 1.807) is 16.0 Å². The fourth-order valence-corrected chi connectivity index (χ4v) is 4.23. The Morgan fingerprint density at radius 2 is 2.17 bits per heavy atom. The number of fused-ring (bicyclic) bond motifs is 1. The Labute approximate surface area is 143 Å². The topological polar surface area (TPSA) is 72.3 Å². The summed E-state index contributed by atoms with van der Waals surface area (Å²) in [7, 11) is 0. The van der Waals surface area contributed by atoms with Crippen molar-refractivity contribution in [3.8, 4) is 0 Å². The fraction of sp³-hybridized carbons (Fsp3) is 0.438. The standard InChI is InChI=1S/C16H19N5O2S/c1-10-3-8-24-14(10)13-12(15(22)20-4-6-23-7-5-20)11(2)19-16-17-9-18-21(13)16/h3,8-9,13H,4-7H2,1-2H3,(H,17,18,19)/t13-/m1/s1. The summed E-state index contributed by atoms with van der Waals surface area (Å²) < 4.78 is 7.18. The van der Waals surface area contributed by atoms with Crippen LogP contribution in [0.1, 0.15) is 23.4 Å². The van der Waals surface area contributed by atoms with Crippen molar-refractivity contribution < 1.29 is 9.53 Å². The summed E-state index contributed by atoms with van der Waals surface area (Å²) in [5, 5.41) is 9.63. The molecule has 0 spiro atoms. The second-order valence-corrected chi connectivity index (χ2v) is 6.91. The lowest BCUT2D eigenvalue weighted by Crippen LogP contribution is -2.44. The van der Waals surface area contributed by atoms with Crippen LogP contribution in [-0.2, 0) is 9.53 Å². The molecule has 8 heteroatoms. The van der Waals surface area contributed by atoms with Crippen molar-refractivity contribution in [3.05, 3.63) is 39.5 Å². The van der Waals surface area contributed by atoms with E-state index in [9.17, 15) is 4.79 Å². The third-order valence-electron chi connectivity index (χ3n) is 4.47. The highest BCUT2D eigenvalue weighted by molar-refractivity contribution is 7.10. The number of ether oxygens (including phenoxy) is 1. The predicted molar refractivity (Wildman–Crippen MR) is 90.9 cm³/mol. The minimum atomic E-state index is -0.237. The van der Waals surface area contributed by atoms with Gasteiger partial charge >= 0.3 is 0 Å². The molecule has 2 aliphatic heterocycles. The number of nitrogens with one attached hydrogen (secondary N) is 1. The molecule has 0 radical (unpaired) electrons. The number of hydrogen-bond donors (Lipinski definition) is 1. The van der Waals surface area contributed by atoms with Crippen molar-refractivity contribution in [2.75, 3.05) is 31.6 Å². The molecule has 2 aliphatic rings. The highest BCUT2D eigenvalue weighted by atomic mass is 32.1. The summed E-state index contributed by atoms with van der Waals surface area (Å²) in [6, 6.07) is 1.84. The van der Waals surface area contributed by atoms with E-state index in [2.05, 4.69) is 33.8 Å². The maximum absolute atomic E-state index is 13.2. The Hall–Kier alpha value is -2.19. The third-order valence-corrected chi connectivity index (χ3v) is 5.54. The maximum Gasteiger partial charge on any atom is 0.254 e. The smallest absolute Gasteiger partial charge is 0.254 e. The van der Waals surface area contributed by atoms with E-state index >= 15 is 0 Å². The number of hydrogen-bond acceptors (Lipinski definition) is 6. The average Bonchev–Trinajstić information content (AvgIpc) is 3.22. The molecule has 2 aromatic heterocycles. The normalized spacial score (nSPS) is 20.8. The zero-order chi connectivity index (χ0) is 16.7. The highest BCUT2D eigenvalue weighted by Crippen LogP contribution is 2.39. The molecule has 126 valence electrons. The third kappa shape index (κ3) is 2.42. The molecule has 7 nitrogen and oxygen atoms in total. The minimum absolute atomic E-state index is 0.0438. The summed E-state index contributed by atoms with van der Waals surface area (Å²) in [6.07, 6.45) is 1.52. The van der Waals surface area contributed by atoms with Crippen LogP contribution in [0, 0.1) is 6.92 Å². The molecule has 1 atom stereocenters. The van der Waals surface area contributed by atoms with E-state index < -0.39 is 0 Å². The van der Waals surface area contributed by atoms with Gasteiger partial charge in [-0.15, -0.1) is 11.3 Å². The van der Waals surface area contributed by atoms with Gasteiger partial charge in [-0.25, -0.2) is 4.68 Å². The van der Waals surface area contributed by atoms with Gasteiger partial charge in [0.1, 0.15) is 12.4 Å². The number of aryl methyl sites for hydroxylation is 1. The summed E-state index contributed by atoms with van der Waals surface area (Å²) in [5.41, 5.74) is 2.73. The number of thiophene rings is 1. The number of carbonyl (C=O) groups is 1. The molecule has 4 heterocycles. The number of allylic oxidation sites excluding steroid dienone is 1. The number of morpholine rings is 1. The number of amides is 1. The van der Waals surface area contributed by atoms with Crippen molar-refractivity contribution in [1.29, 1.82) is 0 Å². The molecular formula is C16H19N5O2S. The number of rotatable bonds is 2. The van der Waals surface area contributed by atoms with E-state index in [0.717, 1.165) is 21.7 Å². The Bertz CT molecular complexity index is 803. The van der Waals surface area contributed by atoms with Gasteiger partial charge in [0.05, 0.1) is 18.8 Å². The molecular weight excluding hydrogens is 326 g/mol. The van der Waals surface area contributed by atoms with Crippen LogP contribution in [0.15, 0.2) is 29.0 Å². The van der Waals surface area contributed by atoms with Crippen molar-refractivity contribution in [2.45, 2.75) is 19.9 Å². The van der Waals surface area contributed by atoms with E-state index in [0.29, 0.717) is 32.3 Å². The first kappa shape index (κ1) is 15.3. The molecule has 24 heavy (non-hydrogen) atoms. The Morgan fingerprint density at radius 1 is 1.38 bits per heavy atom. The van der Waals surface area contributed by atoms with Crippen molar-refractivity contribution >= 4 is 23.2 Å². The van der Waals surface area contributed by atoms with Crippen LogP contribution < -0.4 is 5.32 Å². The second kappa shape index (κ2) is 6.03. The van der Waals surface area contributed by atoms with Gasteiger partial charge in [-0.2, -0.15) is 10.1 Å². The lowest BCUT2D eigenvalue weighted by molar-refractivity contribution is -0.131. The van der Waals surface area contributed by atoms with Gasteiger partial charge in [0.15, 0.2) is 0 Å². The lowest BCUT2D eigenvalue weighted by atomic mass is 9.98. The van der Waals surface area contributed by atoms with Crippen LogP contribution in [0.25, 0.3) is 0 Å². The fourth-order valence-electron chi connectivity index (χ4n) is 3.21. The Kier molecular flexibility index (Phi) is 3.85. The zero-order valence-corrected chi connectivity index (χ0v) is 14.5. The molecule has 4 rings (SSSR count). The zero-order valence-electron chi connectivity index (χ0n) is 13.7. The molecule has 2 aromatic rings. The molecule has 1 amide bonds. The minimum Gasteiger partial charge on any atom is -0.378 e. The first-order chi connectivity index (χ1) is 11.7. The Morgan fingerprint density at radius 3 is 2.88 bits per heavy atom. The number of carbonyl (C=O) groups excluding carboxylic acids is 1. The molecule has 0 bridgehead atoms. The lowest BCUT2D eigenvalue weighted by Gasteiger charge is -2.33. The van der Waals surface area contributed by atoms with E-state index in [1.807, 2.05) is 11.8 Å². The number of anilines is 1. The molecule has 0 aromatic carbocycles. The first-order valence-electron chi connectivity index (χ1n) is 7.95. The molecule has 0 saturated carbocycles. The van der Waals surface area contributed by atoms with E-state index in [1.165, 1.54) is 6.33 Å². The molecule has 1 saturated heterocycles. The van der Waals surface area contributed by atoms with Crippen LogP contribution in [0.5, 0.6) is 0 Å². The SMILES string of the molecule is CC1=C(C(=O)N2CCOCC2)[C@H](c2sccc2C)n2ncnc2N1. The van der Waals surface area contributed by atoms with Gasteiger partial charge in [0.2, 0.25) is 5.95 Å². The number of aromatic nitrogens is 3. The maximum atomic E-state index is 13.2. The van der Waals surface area contributed by atoms with Gasteiger partial charge in [-0.05, 0) is 30.9 Å². The van der Waals surface area contributed by atoms with Crippen LogP contribution >= 0.6 is 11.3 Å². The van der Waals surface area contributed by atoms with Gasteiger partial charge in [0.25, 0.3) is 5.91 Å². The predicted octanol–water partition coefficient (Wildman–Crippen LogP) is 1.80. The first-order valence-corrected chi connectivity index (χ1v) is 8.83. The van der Waals surface area contributed by atoms with Crippen LogP contribution in [-0.4, -0.2) is 51.9 Å². The van der Waals surface area contributed by atoms with Crippen LogP contribution in [0.2, 0.25) is 0 Å². The summed E-state index contributed by atoms with van der Waals surface area (Å²) in [4.78, 5) is 20.5. The molecule has 0 unspecified atom stereocenters. The average molecular weight is 345 g/mol. The van der Waals surface area contributed by atoms with Gasteiger partial charge in [-0.1, -0.05) is 0 Å². The highest BCUT2D eigenvalue weighted by Gasteiger charge is 2.37. The molecule has 0 aliphatic carbocycles. The van der Waals surface area contributed by atoms with E-state index in [-0.39, 0.29) is 11.9 Å². The number of nitrogens with zero attached hydrogens (tertiary/aromatic N) is 4. The molecule has 1 fully saturated rings. The van der Waals surface area contributed by atoms with Crippen LogP contribution in [0.4, 0.5) is 5.95 Å². The van der Waals surface area contributed by atoms with Gasteiger partial charge in [0, 0.05) is 23.7 Å². The van der Waals surface area contributed by atoms with Crippen molar-refractivity contribution in [3.63, 3.8) is 0 Å². The molecule has 1 N–H and O–H groups in total. The monoisotopic (exact) mass is 345 g/mol. The summed E-state index contributed by atoms with van der Waals surface area (Å²) in [6.45, 7) is 6.41. The second-order valence-electron chi connectivity index (χ2n) is 5.97. The van der Waals surface area contributed by atoms with Crippen LogP contribution in [0.3, 0.4) is 0 Å². The summed E-state index contributed by atoms with van der Waals surface area (Å²) in [5.74, 6) is 0.714. The largest absolute Gasteiger partial charge is 0.378 e. The van der Waals surface area contributed by atoms with Gasteiger partial charge < -0.3 is 15.0 Å². The van der Waals surface area contributed by atoms with Crippen molar-refractivity contribution in [1.82, 2.24) is 19.7 Å². The van der Waals surface area contributed by atoms with Crippen molar-refractivity contribution in [2.24, 2.45) is 0 Å². The van der Waals surface area contributed by atoms with Gasteiger partial charge in [-0.3, -0.25) is 4.79 Å².